The summed E-state index contributed by atoms with van der Waals surface area (Å²) in [5, 5.41) is 3.65. The van der Waals surface area contributed by atoms with Gasteiger partial charge in [0.15, 0.2) is 0 Å². The van der Waals surface area contributed by atoms with Gasteiger partial charge in [-0.1, -0.05) is 38.8 Å². The van der Waals surface area contributed by atoms with Gasteiger partial charge in [-0.15, -0.1) is 0 Å². The molecule has 0 heterocycles. The molecule has 0 aliphatic rings. The van der Waals surface area contributed by atoms with Crippen molar-refractivity contribution in [3.63, 3.8) is 0 Å². The van der Waals surface area contributed by atoms with Gasteiger partial charge in [0, 0.05) is 11.6 Å². The van der Waals surface area contributed by atoms with Crippen molar-refractivity contribution >= 4 is 5.69 Å². The lowest BCUT2D eigenvalue weighted by Gasteiger charge is -2.21. The van der Waals surface area contributed by atoms with E-state index in [1.807, 2.05) is 51.1 Å². The first kappa shape index (κ1) is 22.7. The van der Waals surface area contributed by atoms with Crippen LogP contribution >= 0.6 is 0 Å². The Hall–Kier alpha value is -2.56. The number of nitrogens with one attached hydrogen (secondary N) is 1. The third kappa shape index (κ3) is 7.08. The normalized spacial score (nSPS) is 11.2. The van der Waals surface area contributed by atoms with Gasteiger partial charge in [-0.25, -0.2) is 5.53 Å². The molecule has 158 valence electrons. The van der Waals surface area contributed by atoms with Gasteiger partial charge in [-0.3, -0.25) is 0 Å². The topological polar surface area (TPSA) is 63.9 Å². The van der Waals surface area contributed by atoms with Crippen LogP contribution in [0.15, 0.2) is 41.5 Å². The van der Waals surface area contributed by atoms with E-state index in [9.17, 15) is 0 Å². The predicted molar refractivity (Wildman–Crippen MR) is 118 cm³/mol. The van der Waals surface area contributed by atoms with Gasteiger partial charge >= 0.3 is 0 Å². The van der Waals surface area contributed by atoms with Gasteiger partial charge in [0.05, 0.1) is 13.2 Å². The summed E-state index contributed by atoms with van der Waals surface area (Å²) in [7, 11) is 0. The Morgan fingerprint density at radius 3 is 1.97 bits per heavy atom. The van der Waals surface area contributed by atoms with Crippen molar-refractivity contribution in [2.45, 2.75) is 65.9 Å². The average Bonchev–Trinajstić information content (AvgIpc) is 2.68. The van der Waals surface area contributed by atoms with Crippen molar-refractivity contribution in [3.05, 3.63) is 36.4 Å². The van der Waals surface area contributed by atoms with E-state index in [0.29, 0.717) is 24.7 Å². The molecule has 0 atom stereocenters. The second kappa shape index (κ2) is 10.8. The summed E-state index contributed by atoms with van der Waals surface area (Å²) in [5.41, 5.74) is 9.72. The van der Waals surface area contributed by atoms with Crippen LogP contribution in [0, 0.1) is 5.53 Å². The first-order chi connectivity index (χ1) is 13.9. The van der Waals surface area contributed by atoms with Crippen LogP contribution in [0.3, 0.4) is 0 Å². The zero-order chi connectivity index (χ0) is 21.3. The number of unbranched alkanes of at least 4 members (excludes halogenated alkanes) is 2. The van der Waals surface area contributed by atoms with Gasteiger partial charge < -0.3 is 14.2 Å². The summed E-state index contributed by atoms with van der Waals surface area (Å²) in [5.74, 6) is 2.16. The molecule has 0 saturated heterocycles. The number of benzene rings is 2. The SMILES string of the molecule is CCCCOc1cc(-c2ccc(OC(C)(C)C)cc2)c(OCCCC)cc1N=N. The molecule has 29 heavy (non-hydrogen) atoms. The van der Waals surface area contributed by atoms with Crippen LogP contribution in [-0.4, -0.2) is 18.8 Å². The van der Waals surface area contributed by atoms with E-state index < -0.39 is 0 Å². The largest absolute Gasteiger partial charge is 0.493 e. The smallest absolute Gasteiger partial charge is 0.147 e. The molecule has 0 aliphatic heterocycles. The molecule has 0 amide bonds. The third-order valence-corrected chi connectivity index (χ3v) is 4.28. The van der Waals surface area contributed by atoms with Gasteiger partial charge in [0.25, 0.3) is 0 Å². The summed E-state index contributed by atoms with van der Waals surface area (Å²) >= 11 is 0. The zero-order valence-electron chi connectivity index (χ0n) is 18.4. The molecule has 5 heteroatoms. The third-order valence-electron chi connectivity index (χ3n) is 4.28. The van der Waals surface area contributed by atoms with E-state index in [1.54, 1.807) is 6.07 Å². The maximum Gasteiger partial charge on any atom is 0.147 e. The Morgan fingerprint density at radius 1 is 0.862 bits per heavy atom. The fraction of sp³-hybridized carbons (Fsp3) is 0.500. The summed E-state index contributed by atoms with van der Waals surface area (Å²) in [6, 6.07) is 11.7. The van der Waals surface area contributed by atoms with Gasteiger partial charge in [-0.05, 0) is 57.4 Å². The Morgan fingerprint density at radius 2 is 1.45 bits per heavy atom. The van der Waals surface area contributed by atoms with Crippen molar-refractivity contribution in [2.24, 2.45) is 5.11 Å². The lowest BCUT2D eigenvalue weighted by Crippen LogP contribution is -2.22. The van der Waals surface area contributed by atoms with E-state index in [2.05, 4.69) is 19.0 Å². The molecule has 2 aromatic carbocycles. The molecule has 0 bridgehead atoms. The second-order valence-corrected chi connectivity index (χ2v) is 8.07. The highest BCUT2D eigenvalue weighted by atomic mass is 16.5. The Kier molecular flexibility index (Phi) is 8.50. The minimum atomic E-state index is -0.243. The van der Waals surface area contributed by atoms with Crippen LogP contribution in [0.4, 0.5) is 5.69 Å². The summed E-state index contributed by atoms with van der Waals surface area (Å²) < 4.78 is 17.9. The molecule has 2 rings (SSSR count). The van der Waals surface area contributed by atoms with Crippen LogP contribution in [0.2, 0.25) is 0 Å². The van der Waals surface area contributed by atoms with Crippen molar-refractivity contribution in [2.75, 3.05) is 13.2 Å². The summed E-state index contributed by atoms with van der Waals surface area (Å²) in [4.78, 5) is 0. The molecule has 1 N–H and O–H groups in total. The van der Waals surface area contributed by atoms with Crippen molar-refractivity contribution < 1.29 is 14.2 Å². The number of ether oxygens (including phenoxy) is 3. The van der Waals surface area contributed by atoms with Crippen molar-refractivity contribution in [1.29, 1.82) is 5.53 Å². The van der Waals surface area contributed by atoms with Gasteiger partial charge in [0.2, 0.25) is 0 Å². The zero-order valence-corrected chi connectivity index (χ0v) is 18.4. The Balaban J connectivity index is 2.39. The van der Waals surface area contributed by atoms with Crippen LogP contribution in [0.5, 0.6) is 17.2 Å². The van der Waals surface area contributed by atoms with Gasteiger partial charge in [0.1, 0.15) is 28.5 Å². The van der Waals surface area contributed by atoms with E-state index in [1.165, 1.54) is 0 Å². The molecule has 0 saturated carbocycles. The maximum atomic E-state index is 7.53. The van der Waals surface area contributed by atoms with Gasteiger partial charge in [-0.2, -0.15) is 5.11 Å². The summed E-state index contributed by atoms with van der Waals surface area (Å²) in [6.45, 7) is 11.6. The number of hydrogen-bond acceptors (Lipinski definition) is 5. The molecule has 0 fully saturated rings. The highest BCUT2D eigenvalue weighted by molar-refractivity contribution is 5.76. The minimum Gasteiger partial charge on any atom is -0.493 e. The minimum absolute atomic E-state index is 0.243. The predicted octanol–water partition coefficient (Wildman–Crippen LogP) is 7.55. The monoisotopic (exact) mass is 398 g/mol. The average molecular weight is 399 g/mol. The number of hydrogen-bond donors (Lipinski definition) is 1. The molecule has 0 unspecified atom stereocenters. The molecule has 0 aliphatic carbocycles. The molecule has 5 nitrogen and oxygen atoms in total. The van der Waals surface area contributed by atoms with E-state index >= 15 is 0 Å². The van der Waals surface area contributed by atoms with E-state index in [0.717, 1.165) is 48.3 Å². The van der Waals surface area contributed by atoms with Crippen LogP contribution in [0.1, 0.15) is 60.3 Å². The number of rotatable bonds is 11. The molecule has 2 aromatic rings. The molecule has 0 aromatic heterocycles. The van der Waals surface area contributed by atoms with Crippen LogP contribution in [-0.2, 0) is 0 Å². The standard InChI is InChI=1S/C24H34N2O3/c1-6-8-14-27-22-17-21(26-25)23(28-15-9-7-2)16-20(22)18-10-12-19(13-11-18)29-24(3,4)5/h10-13,16-17,25H,6-9,14-15H2,1-5H3. The molecular formula is C24H34N2O3. The first-order valence-electron chi connectivity index (χ1n) is 10.5. The van der Waals surface area contributed by atoms with Crippen LogP contribution in [0.25, 0.3) is 11.1 Å². The van der Waals surface area contributed by atoms with Crippen molar-refractivity contribution in [1.82, 2.24) is 0 Å². The highest BCUT2D eigenvalue weighted by Crippen LogP contribution is 2.41. The lowest BCUT2D eigenvalue weighted by molar-refractivity contribution is 0.131. The lowest BCUT2D eigenvalue weighted by atomic mass is 10.0. The summed E-state index contributed by atoms with van der Waals surface area (Å²) in [6.07, 6.45) is 4.04. The highest BCUT2D eigenvalue weighted by Gasteiger charge is 2.16. The second-order valence-electron chi connectivity index (χ2n) is 8.07. The Bertz CT molecular complexity index is 780. The van der Waals surface area contributed by atoms with Crippen LogP contribution < -0.4 is 14.2 Å². The maximum absolute atomic E-state index is 7.53. The fourth-order valence-electron chi connectivity index (χ4n) is 2.81. The van der Waals surface area contributed by atoms with Crippen molar-refractivity contribution in [3.8, 4) is 28.4 Å². The Labute approximate surface area is 174 Å². The first-order valence-corrected chi connectivity index (χ1v) is 10.5. The molecular weight excluding hydrogens is 364 g/mol. The van der Waals surface area contributed by atoms with E-state index in [-0.39, 0.29) is 5.60 Å². The fourth-order valence-corrected chi connectivity index (χ4v) is 2.81. The number of nitrogens with zero attached hydrogens (tertiary/aromatic N) is 1. The quantitative estimate of drug-likeness (QED) is 0.314. The molecule has 0 spiro atoms. The molecule has 0 radical (unpaired) electrons. The van der Waals surface area contributed by atoms with E-state index in [4.69, 9.17) is 19.7 Å².